The summed E-state index contributed by atoms with van der Waals surface area (Å²) in [6.07, 6.45) is 3.62. The number of rotatable bonds is 6. The molecule has 0 bridgehead atoms. The predicted octanol–water partition coefficient (Wildman–Crippen LogP) is 5.04. The highest BCUT2D eigenvalue weighted by Crippen LogP contribution is 2.31. The second kappa shape index (κ2) is 6.76. The summed E-state index contributed by atoms with van der Waals surface area (Å²) in [5.41, 5.74) is 4.81. The molecule has 0 spiro atoms. The zero-order chi connectivity index (χ0) is 15.4. The molecule has 1 N–H and O–H groups in total. The molecule has 0 heterocycles. The summed E-state index contributed by atoms with van der Waals surface area (Å²) in [6, 6.07) is 6.96. The minimum Gasteiger partial charge on any atom is -0.312 e. The first-order chi connectivity index (χ1) is 9.19. The van der Waals surface area contributed by atoms with Gasteiger partial charge in [0.1, 0.15) is 0 Å². The normalized spacial score (nSPS) is 12.8. The van der Waals surface area contributed by atoms with Crippen molar-refractivity contribution in [3.63, 3.8) is 0 Å². The second-order valence-electron chi connectivity index (χ2n) is 7.48. The fourth-order valence-electron chi connectivity index (χ4n) is 2.87. The van der Waals surface area contributed by atoms with Crippen LogP contribution in [0.4, 0.5) is 0 Å². The summed E-state index contributed by atoms with van der Waals surface area (Å²) >= 11 is 0. The molecule has 114 valence electrons. The number of benzene rings is 1. The van der Waals surface area contributed by atoms with E-state index in [1.54, 1.807) is 0 Å². The van der Waals surface area contributed by atoms with Crippen molar-refractivity contribution >= 4 is 0 Å². The van der Waals surface area contributed by atoms with Crippen LogP contribution in [-0.2, 0) is 6.42 Å². The van der Waals surface area contributed by atoms with Crippen molar-refractivity contribution in [3.8, 4) is 0 Å². The van der Waals surface area contributed by atoms with Crippen molar-refractivity contribution in [2.75, 3.05) is 6.54 Å². The van der Waals surface area contributed by atoms with Gasteiger partial charge in [-0.3, -0.25) is 0 Å². The highest BCUT2D eigenvalue weighted by atomic mass is 15.0. The van der Waals surface area contributed by atoms with Crippen LogP contribution < -0.4 is 5.32 Å². The molecule has 0 amide bonds. The Morgan fingerprint density at radius 3 is 1.80 bits per heavy atom. The Kier molecular flexibility index (Phi) is 5.82. The summed E-state index contributed by atoms with van der Waals surface area (Å²) in [7, 11) is 0. The molecule has 1 nitrogen and oxygen atoms in total. The molecule has 0 aliphatic rings. The predicted molar refractivity (Wildman–Crippen MR) is 90.4 cm³/mol. The van der Waals surface area contributed by atoms with Gasteiger partial charge in [0.05, 0.1) is 0 Å². The zero-order valence-corrected chi connectivity index (χ0v) is 14.6. The minimum absolute atomic E-state index is 0.193. The van der Waals surface area contributed by atoms with Gasteiger partial charge >= 0.3 is 0 Å². The molecule has 0 radical (unpaired) electrons. The molecule has 0 aliphatic carbocycles. The van der Waals surface area contributed by atoms with Gasteiger partial charge in [-0.05, 0) is 64.9 Å². The Balaban J connectivity index is 2.90. The first-order valence-corrected chi connectivity index (χ1v) is 8.02. The lowest BCUT2D eigenvalue weighted by molar-refractivity contribution is 0.220. The molecule has 0 atom stereocenters. The molecule has 1 aromatic rings. The van der Waals surface area contributed by atoms with E-state index in [0.717, 1.165) is 6.54 Å². The van der Waals surface area contributed by atoms with Crippen LogP contribution in [-0.4, -0.2) is 12.1 Å². The summed E-state index contributed by atoms with van der Waals surface area (Å²) in [6.45, 7) is 16.9. The minimum atomic E-state index is 0.193. The Bertz CT molecular complexity index is 402. The Morgan fingerprint density at radius 2 is 1.40 bits per heavy atom. The molecular weight excluding hydrogens is 242 g/mol. The van der Waals surface area contributed by atoms with Gasteiger partial charge in [-0.1, -0.05) is 43.2 Å². The second-order valence-corrected chi connectivity index (χ2v) is 7.48. The van der Waals surface area contributed by atoms with Crippen LogP contribution in [0.15, 0.2) is 18.2 Å². The lowest BCUT2D eigenvalue weighted by Crippen LogP contribution is -2.44. The van der Waals surface area contributed by atoms with E-state index >= 15 is 0 Å². The Hall–Kier alpha value is -0.820. The van der Waals surface area contributed by atoms with Gasteiger partial charge < -0.3 is 5.32 Å². The van der Waals surface area contributed by atoms with Crippen molar-refractivity contribution < 1.29 is 0 Å². The van der Waals surface area contributed by atoms with Crippen molar-refractivity contribution in [2.45, 2.75) is 73.3 Å². The number of nitrogens with one attached hydrogen (secondary N) is 1. The van der Waals surface area contributed by atoms with E-state index in [9.17, 15) is 0 Å². The molecule has 1 heteroatoms. The third kappa shape index (κ3) is 5.28. The maximum absolute atomic E-state index is 3.71. The van der Waals surface area contributed by atoms with Gasteiger partial charge in [0, 0.05) is 12.1 Å². The summed E-state index contributed by atoms with van der Waals surface area (Å²) in [4.78, 5) is 0. The van der Waals surface area contributed by atoms with Gasteiger partial charge in [-0.25, -0.2) is 0 Å². The highest BCUT2D eigenvalue weighted by molar-refractivity contribution is 5.29. The third-order valence-corrected chi connectivity index (χ3v) is 4.35. The third-order valence-electron chi connectivity index (χ3n) is 4.35. The number of hydrogen-bond acceptors (Lipinski definition) is 1. The van der Waals surface area contributed by atoms with Crippen LogP contribution in [0.2, 0.25) is 0 Å². The molecule has 0 saturated heterocycles. The lowest BCUT2D eigenvalue weighted by Gasteiger charge is -2.36. The molecule has 0 fully saturated rings. The van der Waals surface area contributed by atoms with E-state index in [4.69, 9.17) is 0 Å². The van der Waals surface area contributed by atoms with Crippen molar-refractivity contribution in [2.24, 2.45) is 5.41 Å². The van der Waals surface area contributed by atoms with E-state index in [1.165, 1.54) is 36.0 Å². The topological polar surface area (TPSA) is 12.0 Å². The van der Waals surface area contributed by atoms with Crippen LogP contribution in [0.3, 0.4) is 0 Å². The largest absolute Gasteiger partial charge is 0.312 e. The van der Waals surface area contributed by atoms with Crippen LogP contribution in [0.25, 0.3) is 0 Å². The van der Waals surface area contributed by atoms with Crippen LogP contribution in [0.1, 0.15) is 64.2 Å². The monoisotopic (exact) mass is 275 g/mol. The molecule has 1 aromatic carbocycles. The van der Waals surface area contributed by atoms with E-state index in [2.05, 4.69) is 72.0 Å². The number of aryl methyl sites for hydroxylation is 2. The molecule has 0 aliphatic heterocycles. The summed E-state index contributed by atoms with van der Waals surface area (Å²) in [5.74, 6) is 0. The van der Waals surface area contributed by atoms with Gasteiger partial charge in [0.15, 0.2) is 0 Å². The average Bonchev–Trinajstić information content (AvgIpc) is 2.32. The van der Waals surface area contributed by atoms with Crippen LogP contribution >= 0.6 is 0 Å². The molecule has 0 saturated carbocycles. The smallest absolute Gasteiger partial charge is 0.00967 e. The molecule has 1 rings (SSSR count). The lowest BCUT2D eigenvalue weighted by atomic mass is 9.76. The van der Waals surface area contributed by atoms with E-state index in [1.807, 2.05) is 0 Å². The van der Waals surface area contributed by atoms with E-state index in [-0.39, 0.29) is 5.54 Å². The quantitative estimate of drug-likeness (QED) is 0.767. The first kappa shape index (κ1) is 17.2. The summed E-state index contributed by atoms with van der Waals surface area (Å²) in [5, 5.41) is 3.71. The fourth-order valence-corrected chi connectivity index (χ4v) is 2.87. The fraction of sp³-hybridized carbons (Fsp3) is 0.684. The van der Waals surface area contributed by atoms with Gasteiger partial charge in [-0.2, -0.15) is 0 Å². The van der Waals surface area contributed by atoms with Crippen molar-refractivity contribution in [1.29, 1.82) is 0 Å². The standard InChI is InChI=1S/C19H33N/c1-8-19(9-2,14-20-18(5,6)7)13-17-11-15(3)10-16(4)12-17/h10-12,20H,8-9,13-14H2,1-7H3. The summed E-state index contributed by atoms with van der Waals surface area (Å²) < 4.78 is 0. The molecule has 0 aromatic heterocycles. The molecular formula is C19H33N. The molecule has 20 heavy (non-hydrogen) atoms. The van der Waals surface area contributed by atoms with Gasteiger partial charge in [0.2, 0.25) is 0 Å². The SMILES string of the molecule is CCC(CC)(CNC(C)(C)C)Cc1cc(C)cc(C)c1. The maximum atomic E-state index is 3.71. The average molecular weight is 275 g/mol. The Labute approximate surface area is 126 Å². The van der Waals surface area contributed by atoms with Gasteiger partial charge in [0.25, 0.3) is 0 Å². The zero-order valence-electron chi connectivity index (χ0n) is 14.6. The first-order valence-electron chi connectivity index (χ1n) is 8.02. The van der Waals surface area contributed by atoms with Crippen molar-refractivity contribution in [1.82, 2.24) is 5.32 Å². The van der Waals surface area contributed by atoms with Crippen LogP contribution in [0.5, 0.6) is 0 Å². The number of hydrogen-bond donors (Lipinski definition) is 1. The highest BCUT2D eigenvalue weighted by Gasteiger charge is 2.28. The van der Waals surface area contributed by atoms with E-state index in [0.29, 0.717) is 5.41 Å². The molecule has 0 unspecified atom stereocenters. The van der Waals surface area contributed by atoms with Crippen LogP contribution in [0, 0.1) is 19.3 Å². The Morgan fingerprint density at radius 1 is 0.900 bits per heavy atom. The maximum Gasteiger partial charge on any atom is 0.00967 e. The van der Waals surface area contributed by atoms with E-state index < -0.39 is 0 Å². The van der Waals surface area contributed by atoms with Gasteiger partial charge in [-0.15, -0.1) is 0 Å². The van der Waals surface area contributed by atoms with Crippen molar-refractivity contribution in [3.05, 3.63) is 34.9 Å².